The average molecular weight is 229 g/mol. The molecule has 0 radical (unpaired) electrons. The minimum absolute atomic E-state index is 0.739. The summed E-state index contributed by atoms with van der Waals surface area (Å²) >= 11 is 1.61. The van der Waals surface area contributed by atoms with Gasteiger partial charge in [-0.15, -0.1) is 11.3 Å². The van der Waals surface area contributed by atoms with E-state index >= 15 is 0 Å². The summed E-state index contributed by atoms with van der Waals surface area (Å²) in [6, 6.07) is 8.01. The van der Waals surface area contributed by atoms with E-state index in [9.17, 15) is 0 Å². The second-order valence-corrected chi connectivity index (χ2v) is 4.37. The molecule has 0 atom stereocenters. The number of nitrogens with zero attached hydrogens (tertiary/aromatic N) is 2. The van der Waals surface area contributed by atoms with E-state index in [1.54, 1.807) is 17.5 Å². The second kappa shape index (κ2) is 5.40. The fourth-order valence-corrected chi connectivity index (χ4v) is 2.14. The first-order valence-corrected chi connectivity index (χ1v) is 5.83. The summed E-state index contributed by atoms with van der Waals surface area (Å²) in [6.07, 6.45) is 3.62. The quantitative estimate of drug-likeness (QED) is 0.875. The van der Waals surface area contributed by atoms with Crippen LogP contribution in [0.1, 0.15) is 16.0 Å². The molecule has 3 nitrogen and oxygen atoms in total. The van der Waals surface area contributed by atoms with Crippen molar-refractivity contribution in [3.63, 3.8) is 0 Å². The van der Waals surface area contributed by atoms with E-state index < -0.39 is 0 Å². The Morgan fingerprint density at radius 2 is 2.38 bits per heavy atom. The van der Waals surface area contributed by atoms with Gasteiger partial charge in [-0.2, -0.15) is 5.26 Å². The Labute approximate surface area is 98.4 Å². The van der Waals surface area contributed by atoms with E-state index in [-0.39, 0.29) is 0 Å². The van der Waals surface area contributed by atoms with Crippen LogP contribution in [0, 0.1) is 11.3 Å². The van der Waals surface area contributed by atoms with Crippen LogP contribution in [0.5, 0.6) is 0 Å². The fourth-order valence-electron chi connectivity index (χ4n) is 1.36. The summed E-state index contributed by atoms with van der Waals surface area (Å²) in [5, 5.41) is 13.9. The number of aromatic nitrogens is 1. The van der Waals surface area contributed by atoms with Gasteiger partial charge in [-0.3, -0.25) is 4.98 Å². The molecule has 0 saturated heterocycles. The highest BCUT2D eigenvalue weighted by molar-refractivity contribution is 7.10. The van der Waals surface area contributed by atoms with E-state index in [0.29, 0.717) is 0 Å². The van der Waals surface area contributed by atoms with Gasteiger partial charge in [0.2, 0.25) is 0 Å². The van der Waals surface area contributed by atoms with Crippen molar-refractivity contribution in [3.8, 4) is 6.07 Å². The van der Waals surface area contributed by atoms with Crippen molar-refractivity contribution >= 4 is 11.3 Å². The molecule has 0 fully saturated rings. The Balaban J connectivity index is 1.83. The lowest BCUT2D eigenvalue weighted by Crippen LogP contribution is -2.11. The van der Waals surface area contributed by atoms with Crippen molar-refractivity contribution in [1.29, 1.82) is 5.26 Å². The van der Waals surface area contributed by atoms with Gasteiger partial charge in [0.15, 0.2) is 0 Å². The van der Waals surface area contributed by atoms with Crippen LogP contribution in [-0.2, 0) is 13.1 Å². The topological polar surface area (TPSA) is 48.7 Å². The maximum atomic E-state index is 8.68. The molecule has 0 saturated carbocycles. The maximum absolute atomic E-state index is 8.68. The second-order valence-electron chi connectivity index (χ2n) is 3.38. The Bertz CT molecular complexity index is 484. The van der Waals surface area contributed by atoms with Gasteiger partial charge in [0.05, 0.1) is 5.56 Å². The first-order valence-electron chi connectivity index (χ1n) is 4.95. The molecule has 0 bridgehead atoms. The normalized spacial score (nSPS) is 9.94. The average Bonchev–Trinajstić information content (AvgIpc) is 2.78. The van der Waals surface area contributed by atoms with E-state index in [0.717, 1.165) is 18.7 Å². The first kappa shape index (κ1) is 10.8. The predicted molar refractivity (Wildman–Crippen MR) is 63.8 cm³/mol. The van der Waals surface area contributed by atoms with Gasteiger partial charge in [-0.1, -0.05) is 6.07 Å². The highest BCUT2D eigenvalue weighted by atomic mass is 32.1. The maximum Gasteiger partial charge on any atom is 0.100 e. The molecule has 0 aliphatic heterocycles. The number of thiophene rings is 1. The lowest BCUT2D eigenvalue weighted by molar-refractivity contribution is 0.699. The van der Waals surface area contributed by atoms with Crippen LogP contribution in [0.3, 0.4) is 0 Å². The van der Waals surface area contributed by atoms with Crippen LogP contribution in [0.25, 0.3) is 0 Å². The largest absolute Gasteiger partial charge is 0.308 e. The van der Waals surface area contributed by atoms with Crippen molar-refractivity contribution in [3.05, 3.63) is 52.0 Å². The zero-order valence-electron chi connectivity index (χ0n) is 8.68. The van der Waals surface area contributed by atoms with Gasteiger partial charge < -0.3 is 5.32 Å². The zero-order chi connectivity index (χ0) is 11.2. The molecule has 0 amide bonds. The highest BCUT2D eigenvalue weighted by Gasteiger charge is 1.98. The molecule has 16 heavy (non-hydrogen) atoms. The molecule has 0 aliphatic rings. The molecule has 2 aromatic heterocycles. The van der Waals surface area contributed by atoms with Gasteiger partial charge in [-0.05, 0) is 17.7 Å². The highest BCUT2D eigenvalue weighted by Crippen LogP contribution is 2.13. The molecule has 0 spiro atoms. The molecule has 2 rings (SSSR count). The monoisotopic (exact) mass is 229 g/mol. The van der Waals surface area contributed by atoms with Gasteiger partial charge in [0, 0.05) is 35.7 Å². The molecule has 0 aliphatic carbocycles. The molecule has 4 heteroatoms. The van der Waals surface area contributed by atoms with E-state index in [1.807, 2.05) is 29.8 Å². The minimum Gasteiger partial charge on any atom is -0.308 e. The van der Waals surface area contributed by atoms with Crippen LogP contribution in [0.2, 0.25) is 0 Å². The lowest BCUT2D eigenvalue weighted by atomic mass is 10.3. The summed E-state index contributed by atoms with van der Waals surface area (Å²) in [7, 11) is 0. The summed E-state index contributed by atoms with van der Waals surface area (Å²) < 4.78 is 0. The molecule has 1 N–H and O–H groups in total. The third-order valence-corrected chi connectivity index (χ3v) is 3.07. The third kappa shape index (κ3) is 2.89. The van der Waals surface area contributed by atoms with E-state index in [2.05, 4.69) is 16.4 Å². The van der Waals surface area contributed by atoms with Gasteiger partial charge in [-0.25, -0.2) is 0 Å². The number of hydrogen-bond donors (Lipinski definition) is 1. The standard InChI is InChI=1S/C12H11N3S/c13-5-11-4-12(16-9-11)8-15-7-10-2-1-3-14-6-10/h1-4,6,9,15H,7-8H2. The van der Waals surface area contributed by atoms with Crippen molar-refractivity contribution in [2.75, 3.05) is 0 Å². The minimum atomic E-state index is 0.739. The molecular formula is C12H11N3S. The van der Waals surface area contributed by atoms with Crippen molar-refractivity contribution in [2.24, 2.45) is 0 Å². The van der Waals surface area contributed by atoms with Crippen molar-refractivity contribution in [2.45, 2.75) is 13.1 Å². The first-order chi connectivity index (χ1) is 7.88. The third-order valence-electron chi connectivity index (χ3n) is 2.13. The van der Waals surface area contributed by atoms with Crippen molar-refractivity contribution < 1.29 is 0 Å². The van der Waals surface area contributed by atoms with Crippen LogP contribution in [0.15, 0.2) is 36.0 Å². The Kier molecular flexibility index (Phi) is 3.65. The lowest BCUT2D eigenvalue weighted by Gasteiger charge is -2.01. The fraction of sp³-hybridized carbons (Fsp3) is 0.167. The summed E-state index contributed by atoms with van der Waals surface area (Å²) in [5.41, 5.74) is 1.91. The Morgan fingerprint density at radius 1 is 1.44 bits per heavy atom. The number of hydrogen-bond acceptors (Lipinski definition) is 4. The predicted octanol–water partition coefficient (Wildman–Crippen LogP) is 2.30. The van der Waals surface area contributed by atoms with Gasteiger partial charge in [0.25, 0.3) is 0 Å². The van der Waals surface area contributed by atoms with Crippen LogP contribution in [0.4, 0.5) is 0 Å². The van der Waals surface area contributed by atoms with Crippen LogP contribution < -0.4 is 5.32 Å². The molecule has 2 heterocycles. The van der Waals surface area contributed by atoms with Crippen molar-refractivity contribution in [1.82, 2.24) is 10.3 Å². The molecule has 2 aromatic rings. The van der Waals surface area contributed by atoms with Gasteiger partial charge >= 0.3 is 0 Å². The number of nitrogens with one attached hydrogen (secondary N) is 1. The number of nitriles is 1. The van der Waals surface area contributed by atoms with Gasteiger partial charge in [0.1, 0.15) is 6.07 Å². The molecule has 80 valence electrons. The van der Waals surface area contributed by atoms with E-state index in [1.165, 1.54) is 10.4 Å². The summed E-state index contributed by atoms with van der Waals surface area (Å²) in [4.78, 5) is 5.23. The zero-order valence-corrected chi connectivity index (χ0v) is 9.50. The summed E-state index contributed by atoms with van der Waals surface area (Å²) in [6.45, 7) is 1.59. The Morgan fingerprint density at radius 3 is 3.06 bits per heavy atom. The number of rotatable bonds is 4. The molecular weight excluding hydrogens is 218 g/mol. The van der Waals surface area contributed by atoms with Crippen LogP contribution >= 0.6 is 11.3 Å². The van der Waals surface area contributed by atoms with Crippen LogP contribution in [-0.4, -0.2) is 4.98 Å². The Hall–Kier alpha value is -1.70. The molecule has 0 unspecified atom stereocenters. The van der Waals surface area contributed by atoms with E-state index in [4.69, 9.17) is 5.26 Å². The smallest absolute Gasteiger partial charge is 0.100 e. The number of pyridine rings is 1. The summed E-state index contributed by atoms with van der Waals surface area (Å²) in [5.74, 6) is 0. The molecule has 0 aromatic carbocycles. The SMILES string of the molecule is N#Cc1csc(CNCc2cccnc2)c1.